The second kappa shape index (κ2) is 6.77. The fourth-order valence-corrected chi connectivity index (χ4v) is 2.27. The lowest BCUT2D eigenvalue weighted by molar-refractivity contribution is 0.190. The zero-order valence-electron chi connectivity index (χ0n) is 13.3. The molecule has 0 aromatic heterocycles. The van der Waals surface area contributed by atoms with E-state index in [1.807, 2.05) is 25.1 Å². The van der Waals surface area contributed by atoms with Gasteiger partial charge in [-0.3, -0.25) is 0 Å². The van der Waals surface area contributed by atoms with E-state index in [1.54, 1.807) is 6.92 Å². The summed E-state index contributed by atoms with van der Waals surface area (Å²) < 4.78 is 5.91. The SMILES string of the molecule is Cc1ccc([C@@H](C)O)c(OCc2ccc(C(C)C)cc2)c1. The molecule has 1 N–H and O–H groups in total. The molecule has 0 aliphatic carbocycles. The molecule has 0 saturated heterocycles. The molecule has 0 bridgehead atoms. The standard InChI is InChI=1S/C19H24O2/c1-13(2)17-8-6-16(7-9-17)12-21-19-11-14(3)5-10-18(19)15(4)20/h5-11,13,15,20H,12H2,1-4H3/t15-/m1/s1. The van der Waals surface area contributed by atoms with Crippen LogP contribution in [0.4, 0.5) is 0 Å². The quantitative estimate of drug-likeness (QED) is 0.858. The Hall–Kier alpha value is -1.80. The van der Waals surface area contributed by atoms with Gasteiger partial charge in [-0.1, -0.05) is 50.2 Å². The lowest BCUT2D eigenvalue weighted by atomic mass is 10.0. The zero-order chi connectivity index (χ0) is 15.4. The average Bonchev–Trinajstić information content (AvgIpc) is 2.45. The first-order valence-electron chi connectivity index (χ1n) is 7.47. The summed E-state index contributed by atoms with van der Waals surface area (Å²) in [5.74, 6) is 1.30. The number of aliphatic hydroxyl groups excluding tert-OH is 1. The third kappa shape index (κ3) is 4.08. The van der Waals surface area contributed by atoms with Gasteiger partial charge in [-0.05, 0) is 42.5 Å². The van der Waals surface area contributed by atoms with Crippen LogP contribution in [0.5, 0.6) is 5.75 Å². The molecular formula is C19H24O2. The van der Waals surface area contributed by atoms with E-state index >= 15 is 0 Å². The van der Waals surface area contributed by atoms with E-state index < -0.39 is 6.10 Å². The van der Waals surface area contributed by atoms with Crippen molar-refractivity contribution in [2.24, 2.45) is 0 Å². The monoisotopic (exact) mass is 284 g/mol. The van der Waals surface area contributed by atoms with E-state index in [0.717, 1.165) is 22.4 Å². The van der Waals surface area contributed by atoms with Gasteiger partial charge < -0.3 is 9.84 Å². The number of rotatable bonds is 5. The Morgan fingerprint density at radius 1 is 1.00 bits per heavy atom. The Morgan fingerprint density at radius 2 is 1.67 bits per heavy atom. The summed E-state index contributed by atoms with van der Waals surface area (Å²) in [5, 5.41) is 9.81. The molecule has 0 saturated carbocycles. The lowest BCUT2D eigenvalue weighted by Crippen LogP contribution is -2.01. The molecule has 0 aliphatic heterocycles. The largest absolute Gasteiger partial charge is 0.489 e. The molecule has 2 aromatic rings. The first-order valence-corrected chi connectivity index (χ1v) is 7.47. The molecule has 2 nitrogen and oxygen atoms in total. The maximum atomic E-state index is 9.81. The number of hydrogen-bond donors (Lipinski definition) is 1. The van der Waals surface area contributed by atoms with Gasteiger partial charge in [0.25, 0.3) is 0 Å². The van der Waals surface area contributed by atoms with Gasteiger partial charge in [0, 0.05) is 5.56 Å². The third-order valence-electron chi connectivity index (χ3n) is 3.66. The van der Waals surface area contributed by atoms with Crippen LogP contribution < -0.4 is 4.74 Å². The molecule has 21 heavy (non-hydrogen) atoms. The van der Waals surface area contributed by atoms with E-state index in [1.165, 1.54) is 5.56 Å². The van der Waals surface area contributed by atoms with E-state index in [2.05, 4.69) is 38.1 Å². The van der Waals surface area contributed by atoms with Gasteiger partial charge in [0.05, 0.1) is 6.10 Å². The molecule has 0 fully saturated rings. The molecule has 0 radical (unpaired) electrons. The number of aryl methyl sites for hydroxylation is 1. The molecule has 0 heterocycles. The molecule has 0 aliphatic rings. The van der Waals surface area contributed by atoms with Crippen molar-refractivity contribution in [1.82, 2.24) is 0 Å². The summed E-state index contributed by atoms with van der Waals surface area (Å²) >= 11 is 0. The first-order chi connectivity index (χ1) is 9.97. The van der Waals surface area contributed by atoms with Crippen molar-refractivity contribution in [1.29, 1.82) is 0 Å². The van der Waals surface area contributed by atoms with Gasteiger partial charge in [-0.25, -0.2) is 0 Å². The Kier molecular flexibility index (Phi) is 5.03. The van der Waals surface area contributed by atoms with Gasteiger partial charge in [-0.15, -0.1) is 0 Å². The Balaban J connectivity index is 2.10. The van der Waals surface area contributed by atoms with E-state index in [0.29, 0.717) is 12.5 Å². The van der Waals surface area contributed by atoms with Crippen LogP contribution in [0.2, 0.25) is 0 Å². The highest BCUT2D eigenvalue weighted by atomic mass is 16.5. The maximum Gasteiger partial charge on any atom is 0.125 e. The van der Waals surface area contributed by atoms with Crippen LogP contribution in [0.1, 0.15) is 55.0 Å². The summed E-state index contributed by atoms with van der Waals surface area (Å²) in [5.41, 5.74) is 4.43. The van der Waals surface area contributed by atoms with Crippen LogP contribution in [0.15, 0.2) is 42.5 Å². The fourth-order valence-electron chi connectivity index (χ4n) is 2.27. The molecule has 0 spiro atoms. The Labute approximate surface area is 127 Å². The third-order valence-corrected chi connectivity index (χ3v) is 3.66. The minimum Gasteiger partial charge on any atom is -0.489 e. The first kappa shape index (κ1) is 15.6. The van der Waals surface area contributed by atoms with Crippen LogP contribution in [0.3, 0.4) is 0 Å². The Morgan fingerprint density at radius 3 is 2.24 bits per heavy atom. The predicted octanol–water partition coefficient (Wildman–Crippen LogP) is 4.75. The van der Waals surface area contributed by atoms with Crippen molar-refractivity contribution in [3.05, 3.63) is 64.7 Å². The van der Waals surface area contributed by atoms with Crippen molar-refractivity contribution in [3.8, 4) is 5.75 Å². The second-order valence-electron chi connectivity index (χ2n) is 5.90. The van der Waals surface area contributed by atoms with Crippen molar-refractivity contribution in [3.63, 3.8) is 0 Å². The van der Waals surface area contributed by atoms with Gasteiger partial charge >= 0.3 is 0 Å². The Bertz CT molecular complexity index is 583. The predicted molar refractivity (Wildman–Crippen MR) is 86.7 cm³/mol. The topological polar surface area (TPSA) is 29.5 Å². The normalized spacial score (nSPS) is 12.5. The zero-order valence-corrected chi connectivity index (χ0v) is 13.3. The molecule has 112 valence electrons. The van der Waals surface area contributed by atoms with Gasteiger partial charge in [-0.2, -0.15) is 0 Å². The fraction of sp³-hybridized carbons (Fsp3) is 0.368. The molecule has 0 amide bonds. The van der Waals surface area contributed by atoms with Crippen LogP contribution in [0, 0.1) is 6.92 Å². The molecule has 2 aromatic carbocycles. The van der Waals surface area contributed by atoms with Crippen molar-refractivity contribution >= 4 is 0 Å². The number of aliphatic hydroxyl groups is 1. The van der Waals surface area contributed by atoms with Gasteiger partial charge in [0.1, 0.15) is 12.4 Å². The minimum absolute atomic E-state index is 0.515. The highest BCUT2D eigenvalue weighted by Gasteiger charge is 2.09. The summed E-state index contributed by atoms with van der Waals surface area (Å²) in [4.78, 5) is 0. The van der Waals surface area contributed by atoms with Crippen molar-refractivity contribution in [2.75, 3.05) is 0 Å². The van der Waals surface area contributed by atoms with E-state index in [-0.39, 0.29) is 0 Å². The average molecular weight is 284 g/mol. The number of ether oxygens (including phenoxy) is 1. The van der Waals surface area contributed by atoms with Crippen LogP contribution in [-0.4, -0.2) is 5.11 Å². The molecule has 0 unspecified atom stereocenters. The molecule has 2 rings (SSSR count). The second-order valence-corrected chi connectivity index (χ2v) is 5.90. The minimum atomic E-state index is -0.524. The van der Waals surface area contributed by atoms with Crippen molar-refractivity contribution < 1.29 is 9.84 Å². The highest BCUT2D eigenvalue weighted by molar-refractivity contribution is 5.38. The summed E-state index contributed by atoms with van der Waals surface area (Å²) in [6, 6.07) is 14.4. The van der Waals surface area contributed by atoms with Gasteiger partial charge in [0.15, 0.2) is 0 Å². The molecule has 2 heteroatoms. The van der Waals surface area contributed by atoms with Crippen LogP contribution in [0.25, 0.3) is 0 Å². The summed E-state index contributed by atoms with van der Waals surface area (Å²) in [6.07, 6.45) is -0.524. The molecule has 1 atom stereocenters. The van der Waals surface area contributed by atoms with E-state index in [4.69, 9.17) is 4.74 Å². The lowest BCUT2D eigenvalue weighted by Gasteiger charge is -2.14. The molecular weight excluding hydrogens is 260 g/mol. The maximum absolute atomic E-state index is 9.81. The number of benzene rings is 2. The smallest absolute Gasteiger partial charge is 0.125 e. The van der Waals surface area contributed by atoms with E-state index in [9.17, 15) is 5.11 Å². The summed E-state index contributed by atoms with van der Waals surface area (Å²) in [6.45, 7) is 8.67. The summed E-state index contributed by atoms with van der Waals surface area (Å²) in [7, 11) is 0. The van der Waals surface area contributed by atoms with Crippen LogP contribution in [-0.2, 0) is 6.61 Å². The van der Waals surface area contributed by atoms with Crippen LogP contribution >= 0.6 is 0 Å². The highest BCUT2D eigenvalue weighted by Crippen LogP contribution is 2.27. The number of hydrogen-bond acceptors (Lipinski definition) is 2. The van der Waals surface area contributed by atoms with Crippen molar-refractivity contribution in [2.45, 2.75) is 46.3 Å². The van der Waals surface area contributed by atoms with Gasteiger partial charge in [0.2, 0.25) is 0 Å².